The van der Waals surface area contributed by atoms with Crippen LogP contribution in [0.5, 0.6) is 5.75 Å². The Hall–Kier alpha value is -1.76. The second-order valence-corrected chi connectivity index (χ2v) is 3.72. The topological polar surface area (TPSA) is 9.23 Å². The molecule has 0 spiro atoms. The van der Waals surface area contributed by atoms with E-state index in [0.717, 1.165) is 5.75 Å². The predicted molar refractivity (Wildman–Crippen MR) is 64.0 cm³/mol. The maximum Gasteiger partial charge on any atom is 0.120 e. The minimum absolute atomic E-state index is 0.717. The fraction of sp³-hybridized carbons (Fsp3) is 0.143. The Bertz CT molecular complexity index is 553. The van der Waals surface area contributed by atoms with Crippen molar-refractivity contribution in [3.05, 3.63) is 41.5 Å². The Morgan fingerprint density at radius 2 is 1.93 bits per heavy atom. The van der Waals surface area contributed by atoms with E-state index in [1.165, 1.54) is 21.9 Å². The zero-order chi connectivity index (χ0) is 10.3. The molecule has 2 aromatic rings. The summed E-state index contributed by atoms with van der Waals surface area (Å²) in [6.07, 6.45) is 4.31. The highest BCUT2D eigenvalue weighted by molar-refractivity contribution is 6.05. The average molecular weight is 196 g/mol. The summed E-state index contributed by atoms with van der Waals surface area (Å²) >= 11 is 0. The molecular formula is C14H12O. The zero-order valence-corrected chi connectivity index (χ0v) is 8.66. The van der Waals surface area contributed by atoms with Crippen LogP contribution in [-0.4, -0.2) is 6.61 Å². The quantitative estimate of drug-likeness (QED) is 0.607. The number of ether oxygens (including phenoxy) is 1. The molecule has 0 unspecified atom stereocenters. The monoisotopic (exact) mass is 196 g/mol. The van der Waals surface area contributed by atoms with Gasteiger partial charge in [0.05, 0.1) is 6.61 Å². The van der Waals surface area contributed by atoms with E-state index in [1.54, 1.807) is 0 Å². The van der Waals surface area contributed by atoms with Gasteiger partial charge in [-0.3, -0.25) is 0 Å². The largest absolute Gasteiger partial charge is 0.494 e. The first-order valence-electron chi connectivity index (χ1n) is 5.26. The summed E-state index contributed by atoms with van der Waals surface area (Å²) in [5.41, 5.74) is 2.58. The minimum atomic E-state index is 0.717. The summed E-state index contributed by atoms with van der Waals surface area (Å²) in [5, 5.41) is 2.61. The number of rotatable bonds is 2. The van der Waals surface area contributed by atoms with Crippen LogP contribution in [0.15, 0.2) is 30.3 Å². The molecule has 0 N–H and O–H groups in total. The van der Waals surface area contributed by atoms with Gasteiger partial charge >= 0.3 is 0 Å². The molecule has 2 aromatic carbocycles. The van der Waals surface area contributed by atoms with Crippen molar-refractivity contribution in [1.29, 1.82) is 0 Å². The van der Waals surface area contributed by atoms with Gasteiger partial charge in [0, 0.05) is 0 Å². The second-order valence-electron chi connectivity index (χ2n) is 3.72. The summed E-state index contributed by atoms with van der Waals surface area (Å²) in [6.45, 7) is 2.73. The van der Waals surface area contributed by atoms with E-state index in [9.17, 15) is 0 Å². The van der Waals surface area contributed by atoms with Crippen LogP contribution in [0.25, 0.3) is 22.9 Å². The number of hydrogen-bond donors (Lipinski definition) is 0. The zero-order valence-electron chi connectivity index (χ0n) is 8.66. The molecule has 0 heterocycles. The summed E-state index contributed by atoms with van der Waals surface area (Å²) in [5.74, 6) is 0.962. The lowest BCUT2D eigenvalue weighted by Gasteiger charge is -2.07. The highest BCUT2D eigenvalue weighted by atomic mass is 16.5. The van der Waals surface area contributed by atoms with Crippen molar-refractivity contribution in [3.8, 4) is 5.75 Å². The van der Waals surface area contributed by atoms with Crippen molar-refractivity contribution in [3.63, 3.8) is 0 Å². The van der Waals surface area contributed by atoms with E-state index in [-0.39, 0.29) is 0 Å². The first-order chi connectivity index (χ1) is 7.38. The molecule has 1 aliphatic rings. The highest BCUT2D eigenvalue weighted by Gasteiger charge is 2.10. The first-order valence-corrected chi connectivity index (χ1v) is 5.26. The van der Waals surface area contributed by atoms with Gasteiger partial charge in [0.25, 0.3) is 0 Å². The fourth-order valence-corrected chi connectivity index (χ4v) is 2.16. The van der Waals surface area contributed by atoms with Crippen LogP contribution >= 0.6 is 0 Å². The molecule has 3 rings (SSSR count). The van der Waals surface area contributed by atoms with E-state index in [1.807, 2.05) is 6.92 Å². The molecule has 0 fully saturated rings. The van der Waals surface area contributed by atoms with Crippen LogP contribution in [0.1, 0.15) is 18.1 Å². The van der Waals surface area contributed by atoms with Crippen molar-refractivity contribution < 1.29 is 4.74 Å². The molecule has 0 aliphatic heterocycles. The Balaban J connectivity index is 2.30. The van der Waals surface area contributed by atoms with Crippen molar-refractivity contribution in [2.75, 3.05) is 6.61 Å². The van der Waals surface area contributed by atoms with Crippen LogP contribution in [0.3, 0.4) is 0 Å². The molecule has 0 amide bonds. The molecule has 0 atom stereocenters. The smallest absolute Gasteiger partial charge is 0.120 e. The summed E-state index contributed by atoms with van der Waals surface area (Å²) in [4.78, 5) is 0. The maximum absolute atomic E-state index is 5.55. The molecule has 1 nitrogen and oxygen atoms in total. The third-order valence-corrected chi connectivity index (χ3v) is 2.77. The Kier molecular flexibility index (Phi) is 1.78. The van der Waals surface area contributed by atoms with Gasteiger partial charge in [-0.15, -0.1) is 0 Å². The van der Waals surface area contributed by atoms with Gasteiger partial charge in [0.1, 0.15) is 5.75 Å². The maximum atomic E-state index is 5.55. The molecule has 74 valence electrons. The van der Waals surface area contributed by atoms with E-state index in [2.05, 4.69) is 42.5 Å². The van der Waals surface area contributed by atoms with Crippen LogP contribution in [0, 0.1) is 0 Å². The highest BCUT2D eigenvalue weighted by Crippen LogP contribution is 2.34. The molecule has 0 radical (unpaired) electrons. The third-order valence-electron chi connectivity index (χ3n) is 2.77. The Labute approximate surface area is 89.0 Å². The van der Waals surface area contributed by atoms with E-state index < -0.39 is 0 Å². The number of benzene rings is 2. The lowest BCUT2D eigenvalue weighted by atomic mass is 10.0. The third kappa shape index (κ3) is 1.23. The van der Waals surface area contributed by atoms with E-state index in [0.29, 0.717) is 6.61 Å². The van der Waals surface area contributed by atoms with Gasteiger partial charge in [-0.2, -0.15) is 0 Å². The van der Waals surface area contributed by atoms with Crippen LogP contribution in [0.4, 0.5) is 0 Å². The van der Waals surface area contributed by atoms with Crippen LogP contribution < -0.4 is 4.74 Å². The average Bonchev–Trinajstić information content (AvgIpc) is 2.64. The predicted octanol–water partition coefficient (Wildman–Crippen LogP) is 3.72. The summed E-state index contributed by atoms with van der Waals surface area (Å²) < 4.78 is 5.55. The number of hydrogen-bond acceptors (Lipinski definition) is 1. The summed E-state index contributed by atoms with van der Waals surface area (Å²) in [7, 11) is 0. The van der Waals surface area contributed by atoms with Crippen molar-refractivity contribution in [1.82, 2.24) is 0 Å². The van der Waals surface area contributed by atoms with Crippen molar-refractivity contribution in [2.45, 2.75) is 6.92 Å². The first kappa shape index (κ1) is 8.54. The van der Waals surface area contributed by atoms with Gasteiger partial charge in [0.2, 0.25) is 0 Å². The molecule has 15 heavy (non-hydrogen) atoms. The SMILES string of the molecule is CCOc1cc2c3c(cccc3c1)C=C2. The molecule has 0 saturated heterocycles. The molecule has 0 saturated carbocycles. The lowest BCUT2D eigenvalue weighted by Crippen LogP contribution is -1.91. The van der Waals surface area contributed by atoms with Crippen LogP contribution in [0.2, 0.25) is 0 Å². The Morgan fingerprint density at radius 3 is 2.80 bits per heavy atom. The van der Waals surface area contributed by atoms with Gasteiger partial charge in [-0.1, -0.05) is 30.4 Å². The van der Waals surface area contributed by atoms with Gasteiger partial charge in [-0.25, -0.2) is 0 Å². The molecule has 0 bridgehead atoms. The Morgan fingerprint density at radius 1 is 1.07 bits per heavy atom. The normalized spacial score (nSPS) is 12.3. The van der Waals surface area contributed by atoms with E-state index in [4.69, 9.17) is 4.74 Å². The standard InChI is InChI=1S/C14H12O/c1-2-15-13-8-11-5-3-4-10-6-7-12(9-13)14(10)11/h3-9H,2H2,1H3. The minimum Gasteiger partial charge on any atom is -0.494 e. The van der Waals surface area contributed by atoms with Crippen molar-refractivity contribution in [2.24, 2.45) is 0 Å². The second kappa shape index (κ2) is 3.13. The van der Waals surface area contributed by atoms with Crippen LogP contribution in [-0.2, 0) is 0 Å². The summed E-state index contributed by atoms with van der Waals surface area (Å²) in [6, 6.07) is 10.6. The van der Waals surface area contributed by atoms with Gasteiger partial charge in [-0.05, 0) is 41.0 Å². The lowest BCUT2D eigenvalue weighted by molar-refractivity contribution is 0.340. The fourth-order valence-electron chi connectivity index (χ4n) is 2.16. The van der Waals surface area contributed by atoms with E-state index >= 15 is 0 Å². The van der Waals surface area contributed by atoms with Crippen molar-refractivity contribution >= 4 is 22.9 Å². The van der Waals surface area contributed by atoms with Gasteiger partial charge < -0.3 is 4.74 Å². The van der Waals surface area contributed by atoms with Gasteiger partial charge in [0.15, 0.2) is 0 Å². The molecule has 1 heteroatoms. The molecular weight excluding hydrogens is 184 g/mol. The molecule has 1 aliphatic carbocycles. The molecule has 0 aromatic heterocycles.